The number of hydrogen-bond acceptors (Lipinski definition) is 5. The highest BCUT2D eigenvalue weighted by molar-refractivity contribution is 6.34. The Labute approximate surface area is 148 Å². The summed E-state index contributed by atoms with van der Waals surface area (Å²) in [7, 11) is 3.03. The fourth-order valence-corrected chi connectivity index (χ4v) is 3.05. The summed E-state index contributed by atoms with van der Waals surface area (Å²) in [5, 5.41) is 3.08. The van der Waals surface area contributed by atoms with Crippen LogP contribution in [0.2, 0.25) is 5.02 Å². The van der Waals surface area contributed by atoms with Crippen LogP contribution in [0.1, 0.15) is 0 Å². The van der Waals surface area contributed by atoms with Gasteiger partial charge in [0.05, 0.1) is 41.5 Å². The number of halogens is 1. The zero-order valence-corrected chi connectivity index (χ0v) is 14.8. The van der Waals surface area contributed by atoms with Gasteiger partial charge in [-0.25, -0.2) is 0 Å². The van der Waals surface area contributed by atoms with E-state index in [4.69, 9.17) is 16.3 Å². The highest BCUT2D eigenvalue weighted by atomic mass is 35.5. The van der Waals surface area contributed by atoms with Crippen molar-refractivity contribution in [1.29, 1.82) is 0 Å². The van der Waals surface area contributed by atoms with Gasteiger partial charge >= 0.3 is 11.1 Å². The molecule has 25 heavy (non-hydrogen) atoms. The average molecular weight is 367 g/mol. The predicted molar refractivity (Wildman–Crippen MR) is 95.3 cm³/mol. The number of aromatic nitrogens is 2. The van der Waals surface area contributed by atoms with Crippen molar-refractivity contribution in [2.75, 3.05) is 38.2 Å². The summed E-state index contributed by atoms with van der Waals surface area (Å²) in [6, 6.07) is 3.18. The Bertz CT molecular complexity index is 944. The summed E-state index contributed by atoms with van der Waals surface area (Å²) in [5.41, 5.74) is 0.167. The van der Waals surface area contributed by atoms with Gasteiger partial charge < -0.3 is 19.2 Å². The molecular weight excluding hydrogens is 348 g/mol. The van der Waals surface area contributed by atoms with Crippen molar-refractivity contribution < 1.29 is 9.53 Å². The molecule has 8 nitrogen and oxygen atoms in total. The van der Waals surface area contributed by atoms with E-state index in [1.807, 2.05) is 4.90 Å². The van der Waals surface area contributed by atoms with Gasteiger partial charge in [0.25, 0.3) is 0 Å². The summed E-state index contributed by atoms with van der Waals surface area (Å²) in [6.45, 7) is 2.87. The Hall–Kier alpha value is -2.16. The van der Waals surface area contributed by atoms with E-state index in [1.165, 1.54) is 23.2 Å². The summed E-state index contributed by atoms with van der Waals surface area (Å²) in [6.07, 6.45) is 0. The second kappa shape index (κ2) is 6.99. The summed E-state index contributed by atoms with van der Waals surface area (Å²) >= 11 is 6.26. The van der Waals surface area contributed by atoms with Crippen molar-refractivity contribution in [2.24, 2.45) is 14.1 Å². The van der Waals surface area contributed by atoms with Gasteiger partial charge in [-0.2, -0.15) is 0 Å². The fraction of sp³-hybridized carbons (Fsp3) is 0.438. The SMILES string of the molecule is Cn1c(=O)c(=O)n(C)c2cc(NC(=O)CN3CCOCC3)c(Cl)cc21. The third kappa shape index (κ3) is 3.46. The van der Waals surface area contributed by atoms with Crippen LogP contribution in [0.15, 0.2) is 21.7 Å². The molecule has 134 valence electrons. The molecule has 0 unspecified atom stereocenters. The van der Waals surface area contributed by atoms with Crippen LogP contribution in [0.25, 0.3) is 11.0 Å². The van der Waals surface area contributed by atoms with E-state index in [0.717, 1.165) is 0 Å². The maximum atomic E-state index is 12.3. The van der Waals surface area contributed by atoms with Gasteiger partial charge in [-0.1, -0.05) is 11.6 Å². The lowest BCUT2D eigenvalue weighted by atomic mass is 10.2. The molecule has 1 saturated heterocycles. The molecule has 0 bridgehead atoms. The third-order valence-electron chi connectivity index (χ3n) is 4.32. The predicted octanol–water partition coefficient (Wildman–Crippen LogP) is 0.161. The molecule has 0 saturated carbocycles. The number of amides is 1. The lowest BCUT2D eigenvalue weighted by Gasteiger charge is -2.25. The number of ether oxygens (including phenoxy) is 1. The van der Waals surface area contributed by atoms with E-state index in [0.29, 0.717) is 48.0 Å². The molecule has 1 aliphatic heterocycles. The van der Waals surface area contributed by atoms with E-state index in [9.17, 15) is 14.4 Å². The minimum atomic E-state index is -0.636. The molecule has 9 heteroatoms. The number of fused-ring (bicyclic) bond motifs is 1. The second-order valence-electron chi connectivity index (χ2n) is 5.99. The number of carbonyl (C=O) groups excluding carboxylic acids is 1. The molecule has 1 fully saturated rings. The van der Waals surface area contributed by atoms with Gasteiger partial charge in [0.2, 0.25) is 5.91 Å². The monoisotopic (exact) mass is 366 g/mol. The fourth-order valence-electron chi connectivity index (χ4n) is 2.84. The Morgan fingerprint density at radius 3 is 2.28 bits per heavy atom. The Morgan fingerprint density at radius 1 is 1.12 bits per heavy atom. The van der Waals surface area contributed by atoms with Gasteiger partial charge in [0.15, 0.2) is 0 Å². The number of anilines is 1. The average Bonchev–Trinajstić information content (AvgIpc) is 2.60. The molecule has 0 spiro atoms. The van der Waals surface area contributed by atoms with E-state index < -0.39 is 11.1 Å². The van der Waals surface area contributed by atoms with E-state index in [1.54, 1.807) is 12.1 Å². The van der Waals surface area contributed by atoms with Crippen molar-refractivity contribution in [3.8, 4) is 0 Å². The van der Waals surface area contributed by atoms with Crippen molar-refractivity contribution >= 4 is 34.2 Å². The van der Waals surface area contributed by atoms with Crippen LogP contribution < -0.4 is 16.4 Å². The number of carbonyl (C=O) groups is 1. The summed E-state index contributed by atoms with van der Waals surface area (Å²) < 4.78 is 7.77. The Balaban J connectivity index is 1.91. The summed E-state index contributed by atoms with van der Waals surface area (Å²) in [5.74, 6) is -0.196. The smallest absolute Gasteiger partial charge is 0.316 e. The van der Waals surface area contributed by atoms with Crippen LogP contribution >= 0.6 is 11.6 Å². The van der Waals surface area contributed by atoms with Crippen LogP contribution in [0.3, 0.4) is 0 Å². The van der Waals surface area contributed by atoms with Crippen molar-refractivity contribution in [1.82, 2.24) is 14.0 Å². The third-order valence-corrected chi connectivity index (χ3v) is 4.64. The van der Waals surface area contributed by atoms with E-state index >= 15 is 0 Å². The van der Waals surface area contributed by atoms with Gasteiger partial charge in [0.1, 0.15) is 0 Å². The first kappa shape index (κ1) is 17.7. The molecule has 0 atom stereocenters. The van der Waals surface area contributed by atoms with E-state index in [2.05, 4.69) is 5.32 Å². The van der Waals surface area contributed by atoms with Crippen LogP contribution in [0.4, 0.5) is 5.69 Å². The minimum absolute atomic E-state index is 0.196. The standard InChI is InChI=1S/C16H19ClN4O4/c1-19-12-7-10(17)11(8-13(12)20(2)16(24)15(19)23)18-14(22)9-21-3-5-25-6-4-21/h7-8H,3-6,9H2,1-2H3,(H,18,22). The molecule has 2 aromatic rings. The summed E-state index contributed by atoms with van der Waals surface area (Å²) in [4.78, 5) is 38.1. The number of morpholine rings is 1. The van der Waals surface area contributed by atoms with Crippen LogP contribution in [-0.4, -0.2) is 52.8 Å². The number of nitrogens with one attached hydrogen (secondary N) is 1. The molecule has 2 heterocycles. The van der Waals surface area contributed by atoms with Gasteiger partial charge in [-0.05, 0) is 12.1 Å². The molecule has 0 aliphatic carbocycles. The molecule has 1 aromatic heterocycles. The maximum Gasteiger partial charge on any atom is 0.316 e. The zero-order chi connectivity index (χ0) is 18.1. The number of aryl methyl sites for hydroxylation is 2. The minimum Gasteiger partial charge on any atom is -0.379 e. The molecule has 1 amide bonds. The highest BCUT2D eigenvalue weighted by Gasteiger charge is 2.16. The molecular formula is C16H19ClN4O4. The molecule has 0 radical (unpaired) electrons. The van der Waals surface area contributed by atoms with Crippen molar-refractivity contribution in [2.45, 2.75) is 0 Å². The first-order chi connectivity index (χ1) is 11.9. The zero-order valence-electron chi connectivity index (χ0n) is 14.0. The maximum absolute atomic E-state index is 12.3. The molecule has 1 N–H and O–H groups in total. The van der Waals surface area contributed by atoms with Gasteiger partial charge in [0, 0.05) is 27.2 Å². The number of rotatable bonds is 3. The quantitative estimate of drug-likeness (QED) is 0.782. The molecule has 1 aromatic carbocycles. The van der Waals surface area contributed by atoms with Gasteiger partial charge in [-0.15, -0.1) is 0 Å². The first-order valence-electron chi connectivity index (χ1n) is 7.87. The lowest BCUT2D eigenvalue weighted by molar-refractivity contribution is -0.118. The topological polar surface area (TPSA) is 85.6 Å². The second-order valence-corrected chi connectivity index (χ2v) is 6.39. The van der Waals surface area contributed by atoms with Crippen LogP contribution in [0, 0.1) is 0 Å². The van der Waals surface area contributed by atoms with E-state index in [-0.39, 0.29) is 12.5 Å². The highest BCUT2D eigenvalue weighted by Crippen LogP contribution is 2.26. The molecule has 1 aliphatic rings. The molecule has 3 rings (SSSR count). The largest absolute Gasteiger partial charge is 0.379 e. The van der Waals surface area contributed by atoms with Crippen LogP contribution in [0.5, 0.6) is 0 Å². The van der Waals surface area contributed by atoms with Crippen LogP contribution in [-0.2, 0) is 23.6 Å². The first-order valence-corrected chi connectivity index (χ1v) is 8.25. The lowest BCUT2D eigenvalue weighted by Crippen LogP contribution is -2.41. The Morgan fingerprint density at radius 2 is 1.68 bits per heavy atom. The van der Waals surface area contributed by atoms with Crippen molar-refractivity contribution in [3.63, 3.8) is 0 Å². The number of nitrogens with zero attached hydrogens (tertiary/aromatic N) is 3. The van der Waals surface area contributed by atoms with Gasteiger partial charge in [-0.3, -0.25) is 19.3 Å². The normalized spacial score (nSPS) is 15.5. The van der Waals surface area contributed by atoms with Crippen molar-refractivity contribution in [3.05, 3.63) is 37.9 Å². The number of hydrogen-bond donors (Lipinski definition) is 1. The Kier molecular flexibility index (Phi) is 4.94. The number of benzene rings is 1.